The number of carbonyl (C=O) groups is 1. The summed E-state index contributed by atoms with van der Waals surface area (Å²) in [6.45, 7) is 0. The number of furan rings is 1. The SMILES string of the molecule is COc1cccc2oc(-c3cc(C(=O)O)no3)cc12. The van der Waals surface area contributed by atoms with Crippen molar-refractivity contribution in [3.8, 4) is 17.3 Å². The first-order valence-electron chi connectivity index (χ1n) is 5.46. The Balaban J connectivity index is 2.12. The first-order chi connectivity index (χ1) is 9.19. The molecule has 0 amide bonds. The third-order valence-electron chi connectivity index (χ3n) is 2.71. The van der Waals surface area contributed by atoms with Crippen LogP contribution in [0.15, 0.2) is 39.3 Å². The summed E-state index contributed by atoms with van der Waals surface area (Å²) < 4.78 is 15.8. The minimum atomic E-state index is -1.15. The van der Waals surface area contributed by atoms with Crippen molar-refractivity contribution >= 4 is 16.9 Å². The molecule has 0 atom stereocenters. The van der Waals surface area contributed by atoms with Crippen molar-refractivity contribution in [2.45, 2.75) is 0 Å². The lowest BCUT2D eigenvalue weighted by Gasteiger charge is -1.98. The van der Waals surface area contributed by atoms with Crippen LogP contribution in [-0.2, 0) is 0 Å². The van der Waals surface area contributed by atoms with E-state index >= 15 is 0 Å². The van der Waals surface area contributed by atoms with E-state index in [9.17, 15) is 4.79 Å². The van der Waals surface area contributed by atoms with Gasteiger partial charge in [0.2, 0.25) is 5.76 Å². The van der Waals surface area contributed by atoms with Crippen molar-refractivity contribution in [2.24, 2.45) is 0 Å². The van der Waals surface area contributed by atoms with Crippen molar-refractivity contribution in [1.29, 1.82) is 0 Å². The van der Waals surface area contributed by atoms with Crippen molar-refractivity contribution in [3.63, 3.8) is 0 Å². The summed E-state index contributed by atoms with van der Waals surface area (Å²) >= 11 is 0. The van der Waals surface area contributed by atoms with Gasteiger partial charge in [-0.1, -0.05) is 11.2 Å². The second-order valence-corrected chi connectivity index (χ2v) is 3.86. The fourth-order valence-electron chi connectivity index (χ4n) is 1.83. The number of methoxy groups -OCH3 is 1. The Morgan fingerprint density at radius 1 is 1.32 bits per heavy atom. The molecule has 0 fully saturated rings. The second kappa shape index (κ2) is 4.16. The first-order valence-corrected chi connectivity index (χ1v) is 5.46. The highest BCUT2D eigenvalue weighted by molar-refractivity contribution is 5.89. The standard InChI is InChI=1S/C13H9NO5/c1-17-9-3-2-4-10-7(9)5-11(18-10)12-6-8(13(15)16)14-19-12/h2-6H,1H3,(H,15,16). The molecule has 0 spiro atoms. The maximum atomic E-state index is 10.7. The summed E-state index contributed by atoms with van der Waals surface area (Å²) in [6.07, 6.45) is 0. The molecular formula is C13H9NO5. The third-order valence-corrected chi connectivity index (χ3v) is 2.71. The Morgan fingerprint density at radius 2 is 2.16 bits per heavy atom. The Hall–Kier alpha value is -2.76. The number of benzene rings is 1. The van der Waals surface area contributed by atoms with Crippen molar-refractivity contribution in [3.05, 3.63) is 36.0 Å². The number of hydrogen-bond acceptors (Lipinski definition) is 5. The number of fused-ring (bicyclic) bond motifs is 1. The van der Waals surface area contributed by atoms with E-state index in [0.717, 1.165) is 5.39 Å². The number of hydrogen-bond donors (Lipinski definition) is 1. The largest absolute Gasteiger partial charge is 0.496 e. The molecule has 0 aliphatic rings. The quantitative estimate of drug-likeness (QED) is 0.778. The molecule has 0 aliphatic carbocycles. The van der Waals surface area contributed by atoms with Crippen LogP contribution in [-0.4, -0.2) is 23.3 Å². The Morgan fingerprint density at radius 3 is 2.84 bits per heavy atom. The maximum absolute atomic E-state index is 10.7. The number of carboxylic acids is 1. The number of aromatic nitrogens is 1. The molecule has 0 aliphatic heterocycles. The lowest BCUT2D eigenvalue weighted by atomic mass is 10.2. The minimum absolute atomic E-state index is 0.164. The van der Waals surface area contributed by atoms with Gasteiger partial charge in [-0.15, -0.1) is 0 Å². The van der Waals surface area contributed by atoms with Crippen LogP contribution in [0.1, 0.15) is 10.5 Å². The fraction of sp³-hybridized carbons (Fsp3) is 0.0769. The van der Waals surface area contributed by atoms with E-state index in [4.69, 9.17) is 18.8 Å². The highest BCUT2D eigenvalue weighted by atomic mass is 16.5. The number of rotatable bonds is 3. The highest BCUT2D eigenvalue weighted by Crippen LogP contribution is 2.33. The number of carboxylic acid groups (broad SMARTS) is 1. The van der Waals surface area contributed by atoms with E-state index in [1.807, 2.05) is 6.07 Å². The second-order valence-electron chi connectivity index (χ2n) is 3.86. The van der Waals surface area contributed by atoms with Crippen LogP contribution in [0.2, 0.25) is 0 Å². The number of nitrogens with zero attached hydrogens (tertiary/aromatic N) is 1. The van der Waals surface area contributed by atoms with Gasteiger partial charge in [0.25, 0.3) is 0 Å². The fourth-order valence-corrected chi connectivity index (χ4v) is 1.83. The van der Waals surface area contributed by atoms with E-state index in [0.29, 0.717) is 17.1 Å². The predicted molar refractivity (Wildman–Crippen MR) is 65.2 cm³/mol. The molecule has 1 N–H and O–H groups in total. The predicted octanol–water partition coefficient (Wildman–Crippen LogP) is 2.79. The molecule has 0 unspecified atom stereocenters. The van der Waals surface area contributed by atoms with Crippen molar-refractivity contribution in [2.75, 3.05) is 7.11 Å². The molecule has 0 radical (unpaired) electrons. The molecule has 0 bridgehead atoms. The summed E-state index contributed by atoms with van der Waals surface area (Å²) in [5, 5.41) is 13.0. The molecule has 0 saturated heterocycles. The summed E-state index contributed by atoms with van der Waals surface area (Å²) in [5.74, 6) is 0.185. The summed E-state index contributed by atoms with van der Waals surface area (Å²) in [7, 11) is 1.57. The molecule has 3 rings (SSSR count). The zero-order chi connectivity index (χ0) is 13.4. The van der Waals surface area contributed by atoms with E-state index in [1.54, 1.807) is 25.3 Å². The molecular weight excluding hydrogens is 250 g/mol. The van der Waals surface area contributed by atoms with Crippen molar-refractivity contribution < 1.29 is 23.6 Å². The van der Waals surface area contributed by atoms with Gasteiger partial charge >= 0.3 is 5.97 Å². The normalized spacial score (nSPS) is 10.8. The van der Waals surface area contributed by atoms with Gasteiger partial charge in [-0.05, 0) is 18.2 Å². The lowest BCUT2D eigenvalue weighted by Crippen LogP contribution is -1.94. The Kier molecular flexibility index (Phi) is 2.49. The summed E-state index contributed by atoms with van der Waals surface area (Å²) in [4.78, 5) is 10.7. The lowest BCUT2D eigenvalue weighted by molar-refractivity contribution is 0.0686. The van der Waals surface area contributed by atoms with Crippen LogP contribution in [0.5, 0.6) is 5.75 Å². The number of aromatic carboxylic acids is 1. The van der Waals surface area contributed by atoms with Crippen LogP contribution >= 0.6 is 0 Å². The Labute approximate surface area is 107 Å². The molecule has 1 aromatic carbocycles. The smallest absolute Gasteiger partial charge is 0.358 e. The zero-order valence-electron chi connectivity index (χ0n) is 9.91. The molecule has 2 heterocycles. The summed E-state index contributed by atoms with van der Waals surface area (Å²) in [5.41, 5.74) is 0.463. The highest BCUT2D eigenvalue weighted by Gasteiger charge is 2.16. The maximum Gasteiger partial charge on any atom is 0.358 e. The van der Waals surface area contributed by atoms with Crippen LogP contribution in [0, 0.1) is 0 Å². The average Bonchev–Trinajstić information content (AvgIpc) is 3.04. The van der Waals surface area contributed by atoms with Crippen LogP contribution in [0.25, 0.3) is 22.5 Å². The van der Waals surface area contributed by atoms with E-state index in [2.05, 4.69) is 5.16 Å². The molecule has 96 valence electrons. The van der Waals surface area contributed by atoms with Gasteiger partial charge in [-0.3, -0.25) is 0 Å². The molecule has 0 saturated carbocycles. The first kappa shape index (κ1) is 11.3. The van der Waals surface area contributed by atoms with Gasteiger partial charge in [0, 0.05) is 6.07 Å². The van der Waals surface area contributed by atoms with E-state index in [1.165, 1.54) is 6.07 Å². The number of ether oxygens (including phenoxy) is 1. The third kappa shape index (κ3) is 1.83. The molecule has 3 aromatic rings. The minimum Gasteiger partial charge on any atom is -0.496 e. The van der Waals surface area contributed by atoms with Crippen molar-refractivity contribution in [1.82, 2.24) is 5.16 Å². The topological polar surface area (TPSA) is 85.7 Å². The monoisotopic (exact) mass is 259 g/mol. The van der Waals surface area contributed by atoms with Gasteiger partial charge in [0.1, 0.15) is 11.3 Å². The van der Waals surface area contributed by atoms with Crippen LogP contribution in [0.4, 0.5) is 0 Å². The van der Waals surface area contributed by atoms with Gasteiger partial charge < -0.3 is 18.8 Å². The van der Waals surface area contributed by atoms with Gasteiger partial charge in [-0.25, -0.2) is 4.79 Å². The van der Waals surface area contributed by atoms with Gasteiger partial charge in [-0.2, -0.15) is 0 Å². The van der Waals surface area contributed by atoms with Crippen LogP contribution < -0.4 is 4.74 Å². The van der Waals surface area contributed by atoms with E-state index < -0.39 is 5.97 Å². The van der Waals surface area contributed by atoms with Gasteiger partial charge in [0.15, 0.2) is 11.5 Å². The van der Waals surface area contributed by atoms with Gasteiger partial charge in [0.05, 0.1) is 12.5 Å². The Bertz CT molecular complexity index is 755. The molecule has 19 heavy (non-hydrogen) atoms. The average molecular weight is 259 g/mol. The molecule has 6 nitrogen and oxygen atoms in total. The summed E-state index contributed by atoms with van der Waals surface area (Å²) in [6, 6.07) is 8.44. The molecule has 6 heteroatoms. The molecule has 2 aromatic heterocycles. The van der Waals surface area contributed by atoms with Crippen LogP contribution in [0.3, 0.4) is 0 Å². The van der Waals surface area contributed by atoms with E-state index in [-0.39, 0.29) is 11.5 Å². The zero-order valence-corrected chi connectivity index (χ0v) is 9.91.